The molecule has 1 atom stereocenters. The average molecular weight is 483 g/mol. The van der Waals surface area contributed by atoms with Gasteiger partial charge in [0.2, 0.25) is 0 Å². The number of pyridine rings is 1. The van der Waals surface area contributed by atoms with Gasteiger partial charge in [-0.25, -0.2) is 9.97 Å². The lowest BCUT2D eigenvalue weighted by Gasteiger charge is -2.16. The average Bonchev–Trinajstić information content (AvgIpc) is 3.41. The highest BCUT2D eigenvalue weighted by Crippen LogP contribution is 2.30. The fourth-order valence-electron chi connectivity index (χ4n) is 4.39. The van der Waals surface area contributed by atoms with Gasteiger partial charge < -0.3 is 4.74 Å². The number of hydrogen-bond donors (Lipinski definition) is 0. The van der Waals surface area contributed by atoms with Crippen molar-refractivity contribution >= 4 is 39.0 Å². The van der Waals surface area contributed by atoms with E-state index in [0.29, 0.717) is 28.8 Å². The topological polar surface area (TPSA) is 78.5 Å². The van der Waals surface area contributed by atoms with Crippen LogP contribution in [0.25, 0.3) is 15.9 Å². The van der Waals surface area contributed by atoms with E-state index in [2.05, 4.69) is 18.8 Å². The summed E-state index contributed by atoms with van der Waals surface area (Å²) in [6.07, 6.45) is 4.53. The van der Waals surface area contributed by atoms with E-state index in [9.17, 15) is 9.59 Å². The van der Waals surface area contributed by atoms with Gasteiger partial charge in [0.05, 0.1) is 23.7 Å². The summed E-state index contributed by atoms with van der Waals surface area (Å²) in [5.74, 6) is 0.453. The minimum absolute atomic E-state index is 0.00126. The summed E-state index contributed by atoms with van der Waals surface area (Å²) in [6.45, 7) is 7.34. The van der Waals surface area contributed by atoms with Crippen LogP contribution in [0, 0.1) is 13.8 Å². The van der Waals surface area contributed by atoms with Crippen LogP contribution in [0.1, 0.15) is 41.5 Å². The molecule has 1 saturated heterocycles. The monoisotopic (exact) mass is 482 g/mol. The predicted molar refractivity (Wildman–Crippen MR) is 133 cm³/mol. The Bertz CT molecular complexity index is 1460. The number of hydrogen-bond acceptors (Lipinski definition) is 7. The van der Waals surface area contributed by atoms with Crippen LogP contribution >= 0.6 is 23.1 Å². The van der Waals surface area contributed by atoms with E-state index in [1.165, 1.54) is 11.8 Å². The lowest BCUT2D eigenvalue weighted by atomic mass is 10.1. The van der Waals surface area contributed by atoms with Gasteiger partial charge in [-0.3, -0.25) is 18.6 Å². The molecule has 0 N–H and O–H groups in total. The van der Waals surface area contributed by atoms with Crippen molar-refractivity contribution in [1.29, 1.82) is 0 Å². The molecule has 4 aromatic heterocycles. The van der Waals surface area contributed by atoms with Crippen LogP contribution in [0.2, 0.25) is 0 Å². The number of thiophene rings is 1. The van der Waals surface area contributed by atoms with Crippen LogP contribution in [0.4, 0.5) is 0 Å². The second-order valence-electron chi connectivity index (χ2n) is 8.42. The quantitative estimate of drug-likeness (QED) is 0.304. The van der Waals surface area contributed by atoms with Crippen molar-refractivity contribution in [3.63, 3.8) is 0 Å². The summed E-state index contributed by atoms with van der Waals surface area (Å²) in [5.41, 5.74) is 3.32. The Labute approximate surface area is 199 Å². The molecule has 5 rings (SSSR count). The molecule has 9 heteroatoms. The SMILES string of the molecule is CCc1c(C)sc2nc(SCc3cc(=O)n4ccc(C)cc4n3)n(CC3CCCO3)c(=O)c12. The highest BCUT2D eigenvalue weighted by Gasteiger charge is 2.23. The molecule has 4 aromatic rings. The molecule has 1 aliphatic heterocycles. The second kappa shape index (κ2) is 9.04. The minimum atomic E-state index is -0.114. The summed E-state index contributed by atoms with van der Waals surface area (Å²) in [6, 6.07) is 5.34. The Kier molecular flexibility index (Phi) is 6.11. The highest BCUT2D eigenvalue weighted by atomic mass is 32.2. The van der Waals surface area contributed by atoms with Crippen LogP contribution < -0.4 is 11.1 Å². The van der Waals surface area contributed by atoms with Crippen molar-refractivity contribution in [1.82, 2.24) is 18.9 Å². The smallest absolute Gasteiger partial charge is 0.263 e. The summed E-state index contributed by atoms with van der Waals surface area (Å²) < 4.78 is 9.14. The maximum absolute atomic E-state index is 13.6. The van der Waals surface area contributed by atoms with E-state index in [1.54, 1.807) is 32.6 Å². The maximum atomic E-state index is 13.6. The normalized spacial score (nSPS) is 16.3. The Morgan fingerprint density at radius 3 is 2.85 bits per heavy atom. The summed E-state index contributed by atoms with van der Waals surface area (Å²) in [7, 11) is 0. The minimum Gasteiger partial charge on any atom is -0.376 e. The first kappa shape index (κ1) is 22.3. The van der Waals surface area contributed by atoms with Crippen molar-refractivity contribution in [2.45, 2.75) is 63.6 Å². The van der Waals surface area contributed by atoms with Crippen LogP contribution in [-0.2, 0) is 23.5 Å². The van der Waals surface area contributed by atoms with Crippen LogP contribution in [-0.4, -0.2) is 31.6 Å². The first-order chi connectivity index (χ1) is 15.9. The van der Waals surface area contributed by atoms with Gasteiger partial charge in [-0.1, -0.05) is 18.7 Å². The van der Waals surface area contributed by atoms with Gasteiger partial charge in [0.25, 0.3) is 11.1 Å². The molecule has 0 saturated carbocycles. The van der Waals surface area contributed by atoms with Gasteiger partial charge in [-0.05, 0) is 56.4 Å². The lowest BCUT2D eigenvalue weighted by molar-refractivity contribution is 0.0937. The van der Waals surface area contributed by atoms with Crippen LogP contribution in [0.5, 0.6) is 0 Å². The Morgan fingerprint density at radius 2 is 2.09 bits per heavy atom. The van der Waals surface area contributed by atoms with E-state index >= 15 is 0 Å². The molecular weight excluding hydrogens is 456 g/mol. The molecular formula is C24H26N4O3S2. The molecule has 1 unspecified atom stereocenters. The van der Waals surface area contributed by atoms with Crippen molar-refractivity contribution in [3.8, 4) is 0 Å². The van der Waals surface area contributed by atoms with Gasteiger partial charge >= 0.3 is 0 Å². The number of fused-ring (bicyclic) bond motifs is 2. The van der Waals surface area contributed by atoms with Crippen LogP contribution in [0.3, 0.4) is 0 Å². The highest BCUT2D eigenvalue weighted by molar-refractivity contribution is 7.98. The first-order valence-electron chi connectivity index (χ1n) is 11.2. The molecule has 33 heavy (non-hydrogen) atoms. The molecule has 1 fully saturated rings. The van der Waals surface area contributed by atoms with Gasteiger partial charge in [0.15, 0.2) is 5.16 Å². The Morgan fingerprint density at radius 1 is 1.24 bits per heavy atom. The van der Waals surface area contributed by atoms with E-state index in [-0.39, 0.29) is 17.2 Å². The number of aryl methyl sites for hydroxylation is 3. The molecule has 0 aromatic carbocycles. The van der Waals surface area contributed by atoms with Gasteiger partial charge in [0, 0.05) is 29.5 Å². The van der Waals surface area contributed by atoms with Crippen molar-refractivity contribution < 1.29 is 4.74 Å². The van der Waals surface area contributed by atoms with Gasteiger partial charge in [0.1, 0.15) is 10.5 Å². The number of nitrogens with zero attached hydrogens (tertiary/aromatic N) is 4. The Hall–Kier alpha value is -2.49. The zero-order chi connectivity index (χ0) is 23.1. The maximum Gasteiger partial charge on any atom is 0.263 e. The van der Waals surface area contributed by atoms with Crippen molar-refractivity contribution in [2.75, 3.05) is 6.61 Å². The summed E-state index contributed by atoms with van der Waals surface area (Å²) in [4.78, 5) is 37.6. The van der Waals surface area contributed by atoms with Crippen molar-refractivity contribution in [2.24, 2.45) is 0 Å². The fraction of sp³-hybridized carbons (Fsp3) is 0.417. The van der Waals surface area contributed by atoms with E-state index in [1.807, 2.05) is 19.1 Å². The molecule has 1 aliphatic rings. The third kappa shape index (κ3) is 4.25. The number of ether oxygens (including phenoxy) is 1. The standard InChI is InChI=1S/C24H26N4O3S2/c1-4-18-15(3)33-22-21(18)23(30)28(12-17-6-5-9-31-17)24(26-22)32-13-16-11-20(29)27-8-7-14(2)10-19(27)25-16/h7-8,10-11,17H,4-6,9,12-13H2,1-3H3. The molecule has 0 amide bonds. The zero-order valence-corrected chi connectivity index (χ0v) is 20.6. The van der Waals surface area contributed by atoms with E-state index in [4.69, 9.17) is 9.72 Å². The summed E-state index contributed by atoms with van der Waals surface area (Å²) >= 11 is 3.02. The molecule has 0 bridgehead atoms. The Balaban J connectivity index is 1.54. The van der Waals surface area contributed by atoms with Crippen LogP contribution in [0.15, 0.2) is 39.1 Å². The molecule has 172 valence electrons. The van der Waals surface area contributed by atoms with E-state index < -0.39 is 0 Å². The first-order valence-corrected chi connectivity index (χ1v) is 13.0. The third-order valence-corrected chi connectivity index (χ3v) is 8.12. The molecule has 0 spiro atoms. The predicted octanol–water partition coefficient (Wildman–Crippen LogP) is 4.12. The molecule has 0 aliphatic carbocycles. The summed E-state index contributed by atoms with van der Waals surface area (Å²) in [5, 5.41) is 1.39. The second-order valence-corrected chi connectivity index (χ2v) is 10.6. The van der Waals surface area contributed by atoms with Gasteiger partial charge in [-0.2, -0.15) is 0 Å². The lowest BCUT2D eigenvalue weighted by Crippen LogP contribution is -2.29. The number of aromatic nitrogens is 4. The third-order valence-electron chi connectivity index (χ3n) is 6.07. The number of thioether (sulfide) groups is 1. The molecule has 0 radical (unpaired) electrons. The molecule has 7 nitrogen and oxygen atoms in total. The largest absolute Gasteiger partial charge is 0.376 e. The fourth-order valence-corrected chi connectivity index (χ4v) is 6.44. The van der Waals surface area contributed by atoms with E-state index in [0.717, 1.165) is 52.1 Å². The van der Waals surface area contributed by atoms with Crippen molar-refractivity contribution in [3.05, 3.63) is 66.8 Å². The molecule has 5 heterocycles. The number of rotatable bonds is 6. The zero-order valence-electron chi connectivity index (χ0n) is 19.0. The van der Waals surface area contributed by atoms with Gasteiger partial charge in [-0.15, -0.1) is 11.3 Å².